The van der Waals surface area contributed by atoms with E-state index in [1.54, 1.807) is 6.26 Å². The number of carbonyl (C=O) groups is 2. The van der Waals surface area contributed by atoms with E-state index in [1.165, 1.54) is 39.7 Å². The molecule has 1 aliphatic carbocycles. The third-order valence-corrected chi connectivity index (χ3v) is 6.79. The molecule has 6 heteroatoms. The minimum atomic E-state index is -1.50. The van der Waals surface area contributed by atoms with E-state index < -0.39 is 22.7 Å². The summed E-state index contributed by atoms with van der Waals surface area (Å²) in [4.78, 5) is 24.2. The molecule has 1 fully saturated rings. The van der Waals surface area contributed by atoms with Gasteiger partial charge in [0.05, 0.1) is 13.4 Å². The third kappa shape index (κ3) is 9.36. The Bertz CT molecular complexity index is 582. The van der Waals surface area contributed by atoms with Crippen LogP contribution in [0.25, 0.3) is 0 Å². The van der Waals surface area contributed by atoms with Crippen LogP contribution >= 0.6 is 0 Å². The summed E-state index contributed by atoms with van der Waals surface area (Å²) in [5, 5.41) is 10.1. The molecule has 0 spiro atoms. The van der Waals surface area contributed by atoms with E-state index in [1.807, 2.05) is 12.2 Å². The van der Waals surface area contributed by atoms with Crippen molar-refractivity contribution in [1.29, 1.82) is 0 Å². The van der Waals surface area contributed by atoms with Crippen LogP contribution < -0.4 is 0 Å². The van der Waals surface area contributed by atoms with Gasteiger partial charge < -0.3 is 14.4 Å². The number of methoxy groups -OCH3 is 1. The summed E-state index contributed by atoms with van der Waals surface area (Å²) in [5.41, 5.74) is -1.50. The van der Waals surface area contributed by atoms with Crippen molar-refractivity contribution in [2.24, 2.45) is 17.8 Å². The molecule has 1 saturated carbocycles. The van der Waals surface area contributed by atoms with E-state index in [2.05, 4.69) is 23.8 Å². The van der Waals surface area contributed by atoms with Crippen LogP contribution in [0.5, 0.6) is 0 Å². The van der Waals surface area contributed by atoms with Crippen LogP contribution in [0.15, 0.2) is 24.3 Å². The monoisotopic (exact) mass is 440 g/mol. The van der Waals surface area contributed by atoms with Gasteiger partial charge in [-0.2, -0.15) is 0 Å². The number of rotatable bonds is 14. The van der Waals surface area contributed by atoms with E-state index >= 15 is 0 Å². The predicted molar refractivity (Wildman–Crippen MR) is 123 cm³/mol. The molecule has 0 amide bonds. The van der Waals surface area contributed by atoms with Crippen molar-refractivity contribution < 1.29 is 24.0 Å². The number of hydrogen-bond donors (Lipinski definition) is 1. The van der Waals surface area contributed by atoms with Crippen LogP contribution in [-0.2, 0) is 25.5 Å². The van der Waals surface area contributed by atoms with E-state index in [9.17, 15) is 19.2 Å². The highest BCUT2D eigenvalue weighted by molar-refractivity contribution is 7.90. The Hall–Kier alpha value is -1.11. The Morgan fingerprint density at radius 3 is 2.63 bits per heavy atom. The average Bonchev–Trinajstić information content (AvgIpc) is 2.97. The molecule has 1 rings (SSSR count). The summed E-state index contributed by atoms with van der Waals surface area (Å²) in [7, 11) is 1.26. The van der Waals surface area contributed by atoms with Crippen LogP contribution in [0, 0.1) is 17.8 Å². The number of allylic oxidation sites excluding steroid dienone is 4. The molecule has 1 aliphatic rings. The molecular weight excluding hydrogens is 400 g/mol. The van der Waals surface area contributed by atoms with E-state index in [0.29, 0.717) is 25.0 Å². The normalized spacial score (nSPS) is 25.1. The van der Waals surface area contributed by atoms with Gasteiger partial charge in [-0.3, -0.25) is 4.79 Å². The van der Waals surface area contributed by atoms with Gasteiger partial charge >= 0.3 is 5.97 Å². The Morgan fingerprint density at radius 2 is 2.00 bits per heavy atom. The maximum Gasteiger partial charge on any atom is 0.337 e. The lowest BCUT2D eigenvalue weighted by Gasteiger charge is -2.20. The molecule has 2 unspecified atom stereocenters. The van der Waals surface area contributed by atoms with Gasteiger partial charge in [-0.15, -0.1) is 0 Å². The minimum Gasteiger partial charge on any atom is -0.617 e. The van der Waals surface area contributed by atoms with Gasteiger partial charge in [-0.05, 0) is 44.9 Å². The highest BCUT2D eigenvalue weighted by Crippen LogP contribution is 2.38. The first kappa shape index (κ1) is 26.9. The van der Waals surface area contributed by atoms with Gasteiger partial charge in [0.2, 0.25) is 0 Å². The zero-order chi connectivity index (χ0) is 22.6. The zero-order valence-corrected chi connectivity index (χ0v) is 19.9. The van der Waals surface area contributed by atoms with Crippen LogP contribution in [0.3, 0.4) is 0 Å². The van der Waals surface area contributed by atoms with Crippen molar-refractivity contribution in [2.75, 3.05) is 19.1 Å². The van der Waals surface area contributed by atoms with Crippen molar-refractivity contribution in [3.8, 4) is 0 Å². The van der Waals surface area contributed by atoms with Gasteiger partial charge in [0.15, 0.2) is 5.60 Å². The highest BCUT2D eigenvalue weighted by Gasteiger charge is 2.41. The standard InChI is InChI=1S/C24H40O5S/c1-5-6-7-8-9-11-14-20-19(18-30(4)28)17-22(25)21(20)15-12-10-13-16-24(2,27)23(26)29-3/h10-12,14,19-21,27H,5-9,13,15-18H2,1-4H3/b12-10-,14-11+/t19-,20-,21+,24?,30?/m0/s1. The van der Waals surface area contributed by atoms with Crippen LogP contribution in [0.2, 0.25) is 0 Å². The molecular formula is C24H40O5S. The number of hydrogen-bond acceptors (Lipinski definition) is 5. The van der Waals surface area contributed by atoms with Crippen LogP contribution in [-0.4, -0.2) is 46.1 Å². The first-order valence-electron chi connectivity index (χ1n) is 11.2. The summed E-state index contributed by atoms with van der Waals surface area (Å²) < 4.78 is 16.4. The summed E-state index contributed by atoms with van der Waals surface area (Å²) in [5.74, 6) is 0.379. The molecule has 172 valence electrons. The average molecular weight is 441 g/mol. The fourth-order valence-electron chi connectivity index (χ4n) is 4.13. The lowest BCUT2D eigenvalue weighted by Crippen LogP contribution is -2.35. The molecule has 0 aromatic rings. The van der Waals surface area contributed by atoms with E-state index in [-0.39, 0.29) is 30.0 Å². The van der Waals surface area contributed by atoms with E-state index in [4.69, 9.17) is 0 Å². The second-order valence-electron chi connectivity index (χ2n) is 8.64. The predicted octanol–water partition coefficient (Wildman–Crippen LogP) is 4.36. The maximum atomic E-state index is 12.6. The van der Waals surface area contributed by atoms with Crippen molar-refractivity contribution in [2.45, 2.75) is 77.2 Å². The quantitative estimate of drug-likeness (QED) is 0.188. The van der Waals surface area contributed by atoms with Crippen LogP contribution in [0.4, 0.5) is 0 Å². The van der Waals surface area contributed by atoms with Gasteiger partial charge in [0.1, 0.15) is 11.5 Å². The number of ketones is 1. The van der Waals surface area contributed by atoms with Crippen LogP contribution in [0.1, 0.15) is 71.6 Å². The number of ether oxygens (including phenoxy) is 1. The molecule has 0 aromatic heterocycles. The molecule has 30 heavy (non-hydrogen) atoms. The lowest BCUT2D eigenvalue weighted by molar-refractivity contribution is -0.160. The molecule has 0 aromatic carbocycles. The first-order valence-corrected chi connectivity index (χ1v) is 12.9. The Kier molecular flexibility index (Phi) is 12.6. The molecule has 0 saturated heterocycles. The van der Waals surface area contributed by atoms with Crippen molar-refractivity contribution >= 4 is 22.9 Å². The van der Waals surface area contributed by atoms with Gasteiger partial charge in [0, 0.05) is 18.3 Å². The zero-order valence-electron chi connectivity index (χ0n) is 19.1. The number of unbranched alkanes of at least 4 members (excludes halogenated alkanes) is 4. The Balaban J connectivity index is 2.65. The molecule has 5 atom stereocenters. The highest BCUT2D eigenvalue weighted by atomic mass is 32.2. The van der Waals surface area contributed by atoms with Gasteiger partial charge in [0.25, 0.3) is 0 Å². The summed E-state index contributed by atoms with van der Waals surface area (Å²) in [6.07, 6.45) is 17.8. The fourth-order valence-corrected chi connectivity index (χ4v) is 5.07. The second kappa shape index (κ2) is 14.0. The number of carbonyl (C=O) groups excluding carboxylic acids is 2. The molecule has 1 N–H and O–H groups in total. The maximum absolute atomic E-state index is 12.6. The molecule has 0 aliphatic heterocycles. The Morgan fingerprint density at radius 1 is 1.27 bits per heavy atom. The first-order chi connectivity index (χ1) is 14.2. The lowest BCUT2D eigenvalue weighted by atomic mass is 9.87. The third-order valence-electron chi connectivity index (χ3n) is 5.90. The smallest absolute Gasteiger partial charge is 0.337 e. The van der Waals surface area contributed by atoms with Crippen molar-refractivity contribution in [3.63, 3.8) is 0 Å². The number of Topliss-reactive ketones (excluding diaryl/α,β-unsaturated/α-hetero) is 1. The molecule has 0 heterocycles. The van der Waals surface area contributed by atoms with E-state index in [0.717, 1.165) is 6.42 Å². The molecule has 0 radical (unpaired) electrons. The number of esters is 1. The summed E-state index contributed by atoms with van der Waals surface area (Å²) in [6, 6.07) is 0. The topological polar surface area (TPSA) is 86.7 Å². The SMILES string of the molecule is CCCCCC/C=C/[C@H]1[C@H](C[S+](C)[O-])CC(=O)[C@@H]1C/C=C\CCC(C)(O)C(=O)OC. The minimum absolute atomic E-state index is 0.0807. The van der Waals surface area contributed by atoms with Crippen molar-refractivity contribution in [3.05, 3.63) is 24.3 Å². The fraction of sp³-hybridized carbons (Fsp3) is 0.750. The molecule has 0 bridgehead atoms. The summed E-state index contributed by atoms with van der Waals surface area (Å²) in [6.45, 7) is 3.65. The van der Waals surface area contributed by atoms with Crippen molar-refractivity contribution in [1.82, 2.24) is 0 Å². The Labute approximate surface area is 185 Å². The largest absolute Gasteiger partial charge is 0.617 e. The summed E-state index contributed by atoms with van der Waals surface area (Å²) >= 11 is -0.918. The van der Waals surface area contributed by atoms with Gasteiger partial charge in [-0.1, -0.05) is 61.7 Å². The number of aliphatic hydroxyl groups is 1. The molecule has 5 nitrogen and oxygen atoms in total. The second-order valence-corrected chi connectivity index (χ2v) is 10.1. The van der Waals surface area contributed by atoms with Gasteiger partial charge in [-0.25, -0.2) is 4.79 Å².